The van der Waals surface area contributed by atoms with E-state index in [0.717, 1.165) is 30.5 Å². The van der Waals surface area contributed by atoms with E-state index in [2.05, 4.69) is 5.10 Å². The summed E-state index contributed by atoms with van der Waals surface area (Å²) in [6.45, 7) is 0. The number of fused-ring (bicyclic) bond motifs is 1. The lowest BCUT2D eigenvalue weighted by molar-refractivity contribution is 0.334. The maximum atomic E-state index is 12.8. The lowest BCUT2D eigenvalue weighted by Gasteiger charge is -2.30. The van der Waals surface area contributed by atoms with Gasteiger partial charge in [0.15, 0.2) is 0 Å². The molecule has 1 heterocycles. The summed E-state index contributed by atoms with van der Waals surface area (Å²) in [5, 5.41) is 5.06. The molecule has 0 radical (unpaired) electrons. The Morgan fingerprint density at radius 1 is 1.33 bits per heavy atom. The first-order valence-electron chi connectivity index (χ1n) is 7.70. The number of nitrogens with zero attached hydrogens (tertiary/aromatic N) is 3. The Labute approximate surface area is 152 Å². The van der Waals surface area contributed by atoms with Crippen LogP contribution in [0.5, 0.6) is 0 Å². The number of aryl methyl sites for hydroxylation is 1. The summed E-state index contributed by atoms with van der Waals surface area (Å²) in [7, 11) is 0.0513. The normalized spacial score (nSPS) is 18.0. The second-order valence-corrected chi connectivity index (χ2v) is 8.94. The zero-order valence-electron chi connectivity index (χ0n) is 13.5. The first-order chi connectivity index (χ1) is 11.3. The molecule has 1 aromatic heterocycles. The predicted octanol–water partition coefficient (Wildman–Crippen LogP) is 3.57. The minimum atomic E-state index is -3.48. The molecule has 130 valence electrons. The van der Waals surface area contributed by atoms with E-state index in [-0.39, 0.29) is 11.8 Å². The molecule has 0 saturated heterocycles. The van der Waals surface area contributed by atoms with Crippen molar-refractivity contribution < 1.29 is 8.42 Å². The Balaban J connectivity index is 1.86. The highest BCUT2D eigenvalue weighted by Gasteiger charge is 2.32. The molecule has 0 bridgehead atoms. The van der Waals surface area contributed by atoms with Crippen molar-refractivity contribution in [3.8, 4) is 0 Å². The van der Waals surface area contributed by atoms with Gasteiger partial charge in [0, 0.05) is 25.4 Å². The van der Waals surface area contributed by atoms with Crippen LogP contribution in [0.4, 0.5) is 0 Å². The van der Waals surface area contributed by atoms with Crippen LogP contribution in [0.2, 0.25) is 10.0 Å². The standard InChI is InChI=1S/C16H19Cl2N3O2S/c1-20-15-4-3-5-16(12(15)9-19-20)21(2)24(22,23)10-11-6-7-13(17)14(18)8-11/h6-9,16H,3-5,10H2,1-2H3. The molecule has 1 aliphatic rings. The Hall–Kier alpha value is -1.08. The van der Waals surface area contributed by atoms with Crippen LogP contribution in [-0.2, 0) is 29.2 Å². The van der Waals surface area contributed by atoms with E-state index in [1.54, 1.807) is 31.4 Å². The van der Waals surface area contributed by atoms with E-state index in [1.165, 1.54) is 4.31 Å². The van der Waals surface area contributed by atoms with Crippen molar-refractivity contribution in [2.75, 3.05) is 7.05 Å². The molecule has 0 fully saturated rings. The molecular formula is C16H19Cl2N3O2S. The quantitative estimate of drug-likeness (QED) is 0.805. The molecule has 1 unspecified atom stereocenters. The van der Waals surface area contributed by atoms with Crippen LogP contribution < -0.4 is 0 Å². The van der Waals surface area contributed by atoms with Crippen LogP contribution in [0.1, 0.15) is 35.7 Å². The van der Waals surface area contributed by atoms with E-state index >= 15 is 0 Å². The minimum absolute atomic E-state index is 0.105. The minimum Gasteiger partial charge on any atom is -0.272 e. The highest BCUT2D eigenvalue weighted by Crippen LogP contribution is 2.35. The molecule has 2 aromatic rings. The molecule has 1 aromatic carbocycles. The number of benzene rings is 1. The number of hydrogen-bond donors (Lipinski definition) is 0. The molecular weight excluding hydrogens is 369 g/mol. The molecule has 1 atom stereocenters. The van der Waals surface area contributed by atoms with Gasteiger partial charge in [0.05, 0.1) is 28.0 Å². The van der Waals surface area contributed by atoms with Crippen molar-refractivity contribution in [2.45, 2.75) is 31.1 Å². The number of aromatic nitrogens is 2. The Morgan fingerprint density at radius 2 is 2.08 bits per heavy atom. The highest BCUT2D eigenvalue weighted by atomic mass is 35.5. The van der Waals surface area contributed by atoms with Crippen molar-refractivity contribution >= 4 is 33.2 Å². The summed E-state index contributed by atoms with van der Waals surface area (Å²) in [5.41, 5.74) is 2.74. The molecule has 1 aliphatic carbocycles. The Kier molecular flexibility index (Phi) is 4.93. The SMILES string of the molecule is CN(C1CCCc2c1cnn2C)S(=O)(=O)Cc1ccc(Cl)c(Cl)c1. The maximum Gasteiger partial charge on any atom is 0.218 e. The molecule has 0 N–H and O–H groups in total. The third-order valence-electron chi connectivity index (χ3n) is 4.55. The summed E-state index contributed by atoms with van der Waals surface area (Å²) in [5.74, 6) is -0.105. The summed E-state index contributed by atoms with van der Waals surface area (Å²) < 4.78 is 29.0. The van der Waals surface area contributed by atoms with Gasteiger partial charge in [-0.3, -0.25) is 4.68 Å². The van der Waals surface area contributed by atoms with E-state index in [9.17, 15) is 8.42 Å². The second-order valence-electron chi connectivity index (χ2n) is 6.10. The molecule has 0 aliphatic heterocycles. The summed E-state index contributed by atoms with van der Waals surface area (Å²) >= 11 is 11.9. The van der Waals surface area contributed by atoms with E-state index in [1.807, 2.05) is 11.7 Å². The zero-order chi connectivity index (χ0) is 17.5. The molecule has 24 heavy (non-hydrogen) atoms. The van der Waals surface area contributed by atoms with Gasteiger partial charge >= 0.3 is 0 Å². The predicted molar refractivity (Wildman–Crippen MR) is 95.7 cm³/mol. The number of sulfonamides is 1. The lowest BCUT2D eigenvalue weighted by atomic mass is 9.93. The average Bonchev–Trinajstić information content (AvgIpc) is 2.91. The Bertz CT molecular complexity index is 864. The van der Waals surface area contributed by atoms with Gasteiger partial charge in [-0.1, -0.05) is 29.3 Å². The third kappa shape index (κ3) is 3.33. The smallest absolute Gasteiger partial charge is 0.218 e. The van der Waals surface area contributed by atoms with Crippen molar-refractivity contribution in [1.82, 2.24) is 14.1 Å². The van der Waals surface area contributed by atoms with Crippen molar-refractivity contribution in [3.63, 3.8) is 0 Å². The van der Waals surface area contributed by atoms with Gasteiger partial charge in [0.1, 0.15) is 0 Å². The Morgan fingerprint density at radius 3 is 2.79 bits per heavy atom. The van der Waals surface area contributed by atoms with Gasteiger partial charge in [-0.15, -0.1) is 0 Å². The van der Waals surface area contributed by atoms with Gasteiger partial charge < -0.3 is 0 Å². The first-order valence-corrected chi connectivity index (χ1v) is 10.1. The summed E-state index contributed by atoms with van der Waals surface area (Å²) in [6.07, 6.45) is 4.47. The van der Waals surface area contributed by atoms with Gasteiger partial charge in [0.25, 0.3) is 0 Å². The maximum absolute atomic E-state index is 12.8. The van der Waals surface area contributed by atoms with E-state index in [0.29, 0.717) is 15.6 Å². The van der Waals surface area contributed by atoms with Crippen LogP contribution in [0.15, 0.2) is 24.4 Å². The molecule has 0 amide bonds. The van der Waals surface area contributed by atoms with Gasteiger partial charge in [-0.2, -0.15) is 9.40 Å². The highest BCUT2D eigenvalue weighted by molar-refractivity contribution is 7.88. The topological polar surface area (TPSA) is 55.2 Å². The van der Waals surface area contributed by atoms with Crippen molar-refractivity contribution in [2.24, 2.45) is 7.05 Å². The van der Waals surface area contributed by atoms with Crippen LogP contribution in [0.25, 0.3) is 0 Å². The van der Waals surface area contributed by atoms with Crippen molar-refractivity contribution in [1.29, 1.82) is 0 Å². The largest absolute Gasteiger partial charge is 0.272 e. The fourth-order valence-corrected chi connectivity index (χ4v) is 4.93. The van der Waals surface area contributed by atoms with Gasteiger partial charge in [-0.25, -0.2) is 8.42 Å². The third-order valence-corrected chi connectivity index (χ3v) is 7.12. The summed E-state index contributed by atoms with van der Waals surface area (Å²) in [6, 6.07) is 4.74. The van der Waals surface area contributed by atoms with Gasteiger partial charge in [0.2, 0.25) is 10.0 Å². The number of halogens is 2. The van der Waals surface area contributed by atoms with Crippen LogP contribution in [0.3, 0.4) is 0 Å². The zero-order valence-corrected chi connectivity index (χ0v) is 15.9. The van der Waals surface area contributed by atoms with Crippen LogP contribution in [-0.4, -0.2) is 29.6 Å². The molecule has 8 heteroatoms. The monoisotopic (exact) mass is 387 g/mol. The molecule has 3 rings (SSSR count). The average molecular weight is 388 g/mol. The number of rotatable bonds is 4. The van der Waals surface area contributed by atoms with Crippen LogP contribution in [0, 0.1) is 0 Å². The second kappa shape index (κ2) is 6.67. The first kappa shape index (κ1) is 17.7. The summed E-state index contributed by atoms with van der Waals surface area (Å²) in [4.78, 5) is 0. The molecule has 5 nitrogen and oxygen atoms in total. The number of hydrogen-bond acceptors (Lipinski definition) is 3. The fourth-order valence-electron chi connectivity index (χ4n) is 3.20. The van der Waals surface area contributed by atoms with Crippen molar-refractivity contribution in [3.05, 3.63) is 51.3 Å². The van der Waals surface area contributed by atoms with E-state index in [4.69, 9.17) is 23.2 Å². The lowest BCUT2D eigenvalue weighted by Crippen LogP contribution is -2.34. The van der Waals surface area contributed by atoms with Gasteiger partial charge in [-0.05, 0) is 37.0 Å². The molecule has 0 saturated carbocycles. The fraction of sp³-hybridized carbons (Fsp3) is 0.438. The van der Waals surface area contributed by atoms with Crippen LogP contribution >= 0.6 is 23.2 Å². The van der Waals surface area contributed by atoms with E-state index < -0.39 is 10.0 Å². The molecule has 0 spiro atoms.